The van der Waals surface area contributed by atoms with Gasteiger partial charge in [-0.25, -0.2) is 9.97 Å². The van der Waals surface area contributed by atoms with Crippen LogP contribution in [0.3, 0.4) is 0 Å². The largest absolute Gasteiger partial charge is 0.493 e. The SMILES string of the molecule is CC(C)n1cc2c(NCc3ccc(Cl)cc3)nc(Cl)nc2c1O. The molecule has 0 bridgehead atoms. The van der Waals surface area contributed by atoms with E-state index in [-0.39, 0.29) is 17.2 Å². The maximum Gasteiger partial charge on any atom is 0.225 e. The smallest absolute Gasteiger partial charge is 0.225 e. The highest BCUT2D eigenvalue weighted by Crippen LogP contribution is 2.33. The topological polar surface area (TPSA) is 63.0 Å². The molecule has 0 aliphatic heterocycles. The maximum atomic E-state index is 10.3. The van der Waals surface area contributed by atoms with Crippen LogP contribution in [0.15, 0.2) is 30.5 Å². The molecule has 2 N–H and O–H groups in total. The number of aromatic nitrogens is 3. The Morgan fingerprint density at radius 3 is 2.52 bits per heavy atom. The van der Waals surface area contributed by atoms with Gasteiger partial charge < -0.3 is 15.0 Å². The number of anilines is 1. The van der Waals surface area contributed by atoms with Gasteiger partial charge in [-0.15, -0.1) is 0 Å². The average molecular weight is 351 g/mol. The van der Waals surface area contributed by atoms with Gasteiger partial charge in [-0.2, -0.15) is 0 Å². The second-order valence-electron chi connectivity index (χ2n) is 5.54. The number of nitrogens with one attached hydrogen (secondary N) is 1. The van der Waals surface area contributed by atoms with E-state index in [0.717, 1.165) is 10.9 Å². The van der Waals surface area contributed by atoms with Crippen molar-refractivity contribution >= 4 is 39.9 Å². The van der Waals surface area contributed by atoms with E-state index >= 15 is 0 Å². The number of hydrogen-bond acceptors (Lipinski definition) is 4. The number of fused-ring (bicyclic) bond motifs is 1. The molecule has 0 radical (unpaired) electrons. The highest BCUT2D eigenvalue weighted by atomic mass is 35.5. The summed E-state index contributed by atoms with van der Waals surface area (Å²) in [6.07, 6.45) is 1.83. The molecule has 3 rings (SSSR count). The Bertz CT molecular complexity index is 843. The standard InChI is InChI=1S/C16H16Cl2N4O/c1-9(2)22-8-12-13(15(22)23)20-16(18)21-14(12)19-7-10-3-5-11(17)6-4-10/h3-6,8-9,23H,7H2,1-2H3,(H,19,20,21). The van der Waals surface area contributed by atoms with Gasteiger partial charge in [0.1, 0.15) is 11.3 Å². The molecule has 0 fully saturated rings. The lowest BCUT2D eigenvalue weighted by molar-refractivity contribution is 0.404. The molecular formula is C16H16Cl2N4O. The van der Waals surface area contributed by atoms with E-state index < -0.39 is 0 Å². The summed E-state index contributed by atoms with van der Waals surface area (Å²) in [5, 5.41) is 15.1. The molecule has 120 valence electrons. The highest BCUT2D eigenvalue weighted by molar-refractivity contribution is 6.30. The first kappa shape index (κ1) is 15.9. The molecule has 0 aliphatic rings. The Labute approximate surface area is 143 Å². The normalized spacial score (nSPS) is 11.3. The van der Waals surface area contributed by atoms with Crippen LogP contribution in [-0.4, -0.2) is 19.6 Å². The summed E-state index contributed by atoms with van der Waals surface area (Å²) in [5.74, 6) is 0.679. The summed E-state index contributed by atoms with van der Waals surface area (Å²) >= 11 is 11.9. The zero-order valence-corrected chi connectivity index (χ0v) is 14.2. The van der Waals surface area contributed by atoms with Crippen molar-refractivity contribution in [3.63, 3.8) is 0 Å². The van der Waals surface area contributed by atoms with Crippen LogP contribution in [0.4, 0.5) is 5.82 Å². The molecule has 0 saturated heterocycles. The summed E-state index contributed by atoms with van der Waals surface area (Å²) in [4.78, 5) is 8.37. The van der Waals surface area contributed by atoms with Crippen LogP contribution < -0.4 is 5.32 Å². The third kappa shape index (κ3) is 3.21. The van der Waals surface area contributed by atoms with Crippen LogP contribution in [0, 0.1) is 0 Å². The van der Waals surface area contributed by atoms with Crippen molar-refractivity contribution in [1.29, 1.82) is 0 Å². The number of rotatable bonds is 4. The van der Waals surface area contributed by atoms with Crippen LogP contribution in [0.1, 0.15) is 25.5 Å². The van der Waals surface area contributed by atoms with Gasteiger partial charge in [-0.1, -0.05) is 23.7 Å². The van der Waals surface area contributed by atoms with Gasteiger partial charge in [0, 0.05) is 23.8 Å². The Morgan fingerprint density at radius 2 is 1.87 bits per heavy atom. The summed E-state index contributed by atoms with van der Waals surface area (Å²) in [5.41, 5.74) is 1.50. The van der Waals surface area contributed by atoms with E-state index in [1.807, 2.05) is 44.3 Å². The lowest BCUT2D eigenvalue weighted by Crippen LogP contribution is -2.02. The van der Waals surface area contributed by atoms with E-state index in [1.165, 1.54) is 0 Å². The van der Waals surface area contributed by atoms with Crippen molar-refractivity contribution in [2.24, 2.45) is 0 Å². The molecule has 23 heavy (non-hydrogen) atoms. The molecule has 0 spiro atoms. The van der Waals surface area contributed by atoms with Gasteiger partial charge in [-0.05, 0) is 43.1 Å². The Hall–Kier alpha value is -1.98. The van der Waals surface area contributed by atoms with Crippen LogP contribution >= 0.6 is 23.2 Å². The molecule has 0 atom stereocenters. The lowest BCUT2D eigenvalue weighted by atomic mass is 10.2. The summed E-state index contributed by atoms with van der Waals surface area (Å²) < 4.78 is 1.74. The lowest BCUT2D eigenvalue weighted by Gasteiger charge is -2.07. The predicted octanol–water partition coefficient (Wildman–Crippen LogP) is 4.64. The summed E-state index contributed by atoms with van der Waals surface area (Å²) in [6, 6.07) is 7.65. The number of aromatic hydroxyl groups is 1. The fraction of sp³-hybridized carbons (Fsp3) is 0.250. The molecule has 0 saturated carbocycles. The molecule has 1 aromatic carbocycles. The van der Waals surface area contributed by atoms with Crippen molar-refractivity contribution < 1.29 is 5.11 Å². The molecule has 2 aromatic heterocycles. The second-order valence-corrected chi connectivity index (χ2v) is 6.31. The van der Waals surface area contributed by atoms with Gasteiger partial charge >= 0.3 is 0 Å². The molecule has 0 amide bonds. The third-order valence-corrected chi connectivity index (χ3v) is 3.99. The molecule has 2 heterocycles. The van der Waals surface area contributed by atoms with Crippen LogP contribution in [-0.2, 0) is 6.54 Å². The molecule has 7 heteroatoms. The minimum atomic E-state index is 0.0907. The first-order chi connectivity index (χ1) is 11.0. The van der Waals surface area contributed by atoms with Gasteiger partial charge in [0.05, 0.1) is 5.39 Å². The average Bonchev–Trinajstić information content (AvgIpc) is 2.84. The Balaban J connectivity index is 1.96. The summed E-state index contributed by atoms with van der Waals surface area (Å²) in [7, 11) is 0. The van der Waals surface area contributed by atoms with Crippen molar-refractivity contribution in [2.45, 2.75) is 26.4 Å². The van der Waals surface area contributed by atoms with Gasteiger partial charge in [-0.3, -0.25) is 0 Å². The van der Waals surface area contributed by atoms with Crippen molar-refractivity contribution in [1.82, 2.24) is 14.5 Å². The molecule has 3 aromatic rings. The van der Waals surface area contributed by atoms with E-state index in [0.29, 0.717) is 22.9 Å². The van der Waals surface area contributed by atoms with Crippen molar-refractivity contribution in [3.8, 4) is 5.88 Å². The van der Waals surface area contributed by atoms with E-state index in [4.69, 9.17) is 23.2 Å². The van der Waals surface area contributed by atoms with Crippen LogP contribution in [0.5, 0.6) is 5.88 Å². The van der Waals surface area contributed by atoms with Gasteiger partial charge in [0.25, 0.3) is 0 Å². The van der Waals surface area contributed by atoms with E-state index in [9.17, 15) is 5.11 Å². The second kappa shape index (κ2) is 6.26. The van der Waals surface area contributed by atoms with Crippen LogP contribution in [0.25, 0.3) is 10.9 Å². The zero-order valence-electron chi connectivity index (χ0n) is 12.7. The van der Waals surface area contributed by atoms with E-state index in [2.05, 4.69) is 15.3 Å². The molecule has 5 nitrogen and oxygen atoms in total. The molecule has 0 unspecified atom stereocenters. The molecular weight excluding hydrogens is 335 g/mol. The number of nitrogens with zero attached hydrogens (tertiary/aromatic N) is 3. The maximum absolute atomic E-state index is 10.3. The quantitative estimate of drug-likeness (QED) is 0.673. The molecule has 0 aliphatic carbocycles. The number of hydrogen-bond donors (Lipinski definition) is 2. The first-order valence-corrected chi connectivity index (χ1v) is 7.96. The third-order valence-electron chi connectivity index (χ3n) is 3.57. The minimum absolute atomic E-state index is 0.0907. The predicted molar refractivity (Wildman–Crippen MR) is 93.4 cm³/mol. The van der Waals surface area contributed by atoms with Gasteiger partial charge in [0.15, 0.2) is 0 Å². The Kier molecular flexibility index (Phi) is 4.33. The monoisotopic (exact) mass is 350 g/mol. The number of halogens is 2. The summed E-state index contributed by atoms with van der Waals surface area (Å²) in [6.45, 7) is 4.52. The first-order valence-electron chi connectivity index (χ1n) is 7.21. The highest BCUT2D eigenvalue weighted by Gasteiger charge is 2.17. The fourth-order valence-corrected chi connectivity index (χ4v) is 2.67. The number of benzene rings is 1. The Morgan fingerprint density at radius 1 is 1.17 bits per heavy atom. The fourth-order valence-electron chi connectivity index (χ4n) is 2.37. The van der Waals surface area contributed by atoms with Gasteiger partial charge in [0.2, 0.25) is 11.2 Å². The zero-order chi connectivity index (χ0) is 16.6. The van der Waals surface area contributed by atoms with Crippen molar-refractivity contribution in [2.75, 3.05) is 5.32 Å². The minimum Gasteiger partial charge on any atom is -0.493 e. The van der Waals surface area contributed by atoms with Crippen LogP contribution in [0.2, 0.25) is 10.3 Å². The van der Waals surface area contributed by atoms with Crippen molar-refractivity contribution in [3.05, 3.63) is 46.3 Å². The van der Waals surface area contributed by atoms with E-state index in [1.54, 1.807) is 4.57 Å².